The molecule has 0 bridgehead atoms. The number of likely N-dealkylation sites (N-methyl/N-ethyl adjacent to an activating group) is 1. The molecule has 26 heavy (non-hydrogen) atoms. The Balaban J connectivity index is 1.75. The van der Waals surface area contributed by atoms with Gasteiger partial charge in [0.25, 0.3) is 11.5 Å². The molecule has 3 aromatic rings. The number of nitrogens with one attached hydrogen (secondary N) is 1. The molecule has 0 aliphatic heterocycles. The van der Waals surface area contributed by atoms with E-state index >= 15 is 0 Å². The minimum absolute atomic E-state index is 0.160. The number of carbonyl (C=O) groups is 1. The number of para-hydroxylation sites is 2. The summed E-state index contributed by atoms with van der Waals surface area (Å²) in [6.45, 7) is 2.10. The maximum absolute atomic E-state index is 12.7. The summed E-state index contributed by atoms with van der Waals surface area (Å²) < 4.78 is 5.79. The number of aromatic amines is 1. The Morgan fingerprint density at radius 2 is 1.85 bits per heavy atom. The number of ether oxygens (including phenoxy) is 1. The first-order chi connectivity index (χ1) is 12.6. The van der Waals surface area contributed by atoms with Crippen molar-refractivity contribution in [1.29, 1.82) is 0 Å². The van der Waals surface area contributed by atoms with Gasteiger partial charge in [0, 0.05) is 7.05 Å². The summed E-state index contributed by atoms with van der Waals surface area (Å²) in [5.41, 5.74) is 0.402. The van der Waals surface area contributed by atoms with Gasteiger partial charge in [-0.15, -0.1) is 0 Å². The summed E-state index contributed by atoms with van der Waals surface area (Å²) in [6, 6.07) is 16.4. The monoisotopic (exact) mass is 351 g/mol. The number of nitrogens with zero attached hydrogens (tertiary/aromatic N) is 2. The average Bonchev–Trinajstić information content (AvgIpc) is 2.66. The molecule has 1 N–H and O–H groups in total. The lowest BCUT2D eigenvalue weighted by molar-refractivity contribution is -0.138. The molecule has 134 valence electrons. The fraction of sp³-hybridized carbons (Fsp3) is 0.250. The van der Waals surface area contributed by atoms with Gasteiger partial charge >= 0.3 is 0 Å². The molecule has 0 aliphatic carbocycles. The van der Waals surface area contributed by atoms with Crippen molar-refractivity contribution in [3.63, 3.8) is 0 Å². The molecule has 1 unspecified atom stereocenters. The molecule has 0 saturated heterocycles. The van der Waals surface area contributed by atoms with Crippen molar-refractivity contribution >= 4 is 16.8 Å². The third-order valence-electron chi connectivity index (χ3n) is 4.09. The van der Waals surface area contributed by atoms with Crippen LogP contribution in [0.15, 0.2) is 59.4 Å². The van der Waals surface area contributed by atoms with E-state index in [4.69, 9.17) is 4.74 Å². The highest BCUT2D eigenvalue weighted by Gasteiger charge is 2.23. The topological polar surface area (TPSA) is 75.3 Å². The van der Waals surface area contributed by atoms with Crippen LogP contribution >= 0.6 is 0 Å². The number of H-pyrrole nitrogens is 1. The predicted molar refractivity (Wildman–Crippen MR) is 100.0 cm³/mol. The SMILES string of the molecule is CCC(Oc1ccccc1)C(=O)N(C)Cc1nc2ccccc2c(=O)[nH]1. The third kappa shape index (κ3) is 3.91. The third-order valence-corrected chi connectivity index (χ3v) is 4.09. The molecule has 1 heterocycles. The average molecular weight is 351 g/mol. The van der Waals surface area contributed by atoms with Crippen molar-refractivity contribution in [3.05, 3.63) is 70.8 Å². The number of hydrogen-bond acceptors (Lipinski definition) is 4. The molecule has 0 radical (unpaired) electrons. The molecule has 1 atom stereocenters. The predicted octanol–water partition coefficient (Wildman–Crippen LogP) is 2.74. The maximum atomic E-state index is 12.7. The van der Waals surface area contributed by atoms with Gasteiger partial charge < -0.3 is 14.6 Å². The van der Waals surface area contributed by atoms with Gasteiger partial charge in [0.05, 0.1) is 17.4 Å². The van der Waals surface area contributed by atoms with Crippen LogP contribution in [-0.4, -0.2) is 33.9 Å². The van der Waals surface area contributed by atoms with Crippen molar-refractivity contribution in [1.82, 2.24) is 14.9 Å². The summed E-state index contributed by atoms with van der Waals surface area (Å²) in [7, 11) is 1.68. The molecule has 6 nitrogen and oxygen atoms in total. The largest absolute Gasteiger partial charge is 0.481 e. The number of rotatable bonds is 6. The van der Waals surface area contributed by atoms with Gasteiger partial charge in [-0.05, 0) is 30.7 Å². The van der Waals surface area contributed by atoms with Crippen LogP contribution in [-0.2, 0) is 11.3 Å². The first-order valence-electron chi connectivity index (χ1n) is 8.53. The van der Waals surface area contributed by atoms with Crippen LogP contribution in [0.5, 0.6) is 5.75 Å². The summed E-state index contributed by atoms with van der Waals surface area (Å²) in [5.74, 6) is 0.935. The Bertz CT molecular complexity index is 953. The Labute approximate surface area is 151 Å². The molecule has 0 fully saturated rings. The van der Waals surface area contributed by atoms with Gasteiger partial charge in [0.2, 0.25) is 0 Å². The molecule has 2 aromatic carbocycles. The fourth-order valence-corrected chi connectivity index (χ4v) is 2.73. The van der Waals surface area contributed by atoms with E-state index in [1.165, 1.54) is 4.90 Å². The highest BCUT2D eigenvalue weighted by atomic mass is 16.5. The molecule has 1 amide bonds. The highest BCUT2D eigenvalue weighted by Crippen LogP contribution is 2.14. The Kier molecular flexibility index (Phi) is 5.31. The van der Waals surface area contributed by atoms with Gasteiger partial charge in [-0.25, -0.2) is 4.98 Å². The number of fused-ring (bicyclic) bond motifs is 1. The minimum Gasteiger partial charge on any atom is -0.481 e. The van der Waals surface area contributed by atoms with E-state index in [9.17, 15) is 9.59 Å². The van der Waals surface area contributed by atoms with Crippen molar-refractivity contribution in [2.24, 2.45) is 0 Å². The molecular weight excluding hydrogens is 330 g/mol. The zero-order chi connectivity index (χ0) is 18.5. The summed E-state index contributed by atoms with van der Waals surface area (Å²) in [4.78, 5) is 33.6. The molecule has 0 saturated carbocycles. The second kappa shape index (κ2) is 7.82. The zero-order valence-electron chi connectivity index (χ0n) is 14.8. The number of amides is 1. The lowest BCUT2D eigenvalue weighted by atomic mass is 10.2. The smallest absolute Gasteiger partial charge is 0.263 e. The van der Waals surface area contributed by atoms with Crippen LogP contribution in [0.25, 0.3) is 10.9 Å². The molecule has 3 rings (SSSR count). The van der Waals surface area contributed by atoms with E-state index in [-0.39, 0.29) is 18.0 Å². The minimum atomic E-state index is -0.588. The van der Waals surface area contributed by atoms with E-state index in [1.807, 2.05) is 43.3 Å². The normalized spacial score (nSPS) is 11.9. The molecular formula is C20H21N3O3. The lowest BCUT2D eigenvalue weighted by Crippen LogP contribution is -2.39. The molecule has 0 aliphatic rings. The van der Waals surface area contributed by atoms with Crippen LogP contribution in [0.1, 0.15) is 19.2 Å². The number of benzene rings is 2. The first-order valence-corrected chi connectivity index (χ1v) is 8.53. The van der Waals surface area contributed by atoms with E-state index in [0.29, 0.717) is 28.9 Å². The number of aromatic nitrogens is 2. The van der Waals surface area contributed by atoms with Gasteiger partial charge in [-0.3, -0.25) is 9.59 Å². The Morgan fingerprint density at radius 3 is 2.58 bits per heavy atom. The van der Waals surface area contributed by atoms with Crippen LogP contribution in [0.2, 0.25) is 0 Å². The molecule has 6 heteroatoms. The van der Waals surface area contributed by atoms with Crippen LogP contribution in [0, 0.1) is 0 Å². The van der Waals surface area contributed by atoms with E-state index in [1.54, 1.807) is 25.2 Å². The van der Waals surface area contributed by atoms with Gasteiger partial charge in [-0.2, -0.15) is 0 Å². The summed E-state index contributed by atoms with van der Waals surface area (Å²) in [6.07, 6.45) is -0.0469. The maximum Gasteiger partial charge on any atom is 0.263 e. The van der Waals surface area contributed by atoms with Crippen molar-refractivity contribution in [2.45, 2.75) is 26.0 Å². The van der Waals surface area contributed by atoms with Gasteiger partial charge in [-0.1, -0.05) is 37.3 Å². The highest BCUT2D eigenvalue weighted by molar-refractivity contribution is 5.81. The summed E-state index contributed by atoms with van der Waals surface area (Å²) in [5, 5.41) is 0.532. The lowest BCUT2D eigenvalue weighted by Gasteiger charge is -2.23. The summed E-state index contributed by atoms with van der Waals surface area (Å²) >= 11 is 0. The standard InChI is InChI=1S/C20H21N3O3/c1-3-17(26-14-9-5-4-6-10-14)20(25)23(2)13-18-21-16-12-8-7-11-15(16)19(24)22-18/h4-12,17H,3,13H2,1-2H3,(H,21,22,24). The van der Waals surface area contributed by atoms with Crippen molar-refractivity contribution in [3.8, 4) is 5.75 Å². The van der Waals surface area contributed by atoms with E-state index in [0.717, 1.165) is 0 Å². The fourth-order valence-electron chi connectivity index (χ4n) is 2.73. The Hall–Kier alpha value is -3.15. The second-order valence-corrected chi connectivity index (χ2v) is 6.05. The van der Waals surface area contributed by atoms with Gasteiger partial charge in [0.15, 0.2) is 6.10 Å². The van der Waals surface area contributed by atoms with Crippen molar-refractivity contribution in [2.75, 3.05) is 7.05 Å². The first kappa shape index (κ1) is 17.7. The van der Waals surface area contributed by atoms with Gasteiger partial charge in [0.1, 0.15) is 11.6 Å². The molecule has 1 aromatic heterocycles. The quantitative estimate of drug-likeness (QED) is 0.741. The van der Waals surface area contributed by atoms with Crippen molar-refractivity contribution < 1.29 is 9.53 Å². The zero-order valence-corrected chi connectivity index (χ0v) is 14.8. The second-order valence-electron chi connectivity index (χ2n) is 6.05. The number of carbonyl (C=O) groups excluding carboxylic acids is 1. The molecule has 0 spiro atoms. The Morgan fingerprint density at radius 1 is 1.15 bits per heavy atom. The van der Waals surface area contributed by atoms with E-state index in [2.05, 4.69) is 9.97 Å². The number of hydrogen-bond donors (Lipinski definition) is 1. The van der Waals surface area contributed by atoms with E-state index < -0.39 is 6.10 Å². The van der Waals surface area contributed by atoms with Crippen LogP contribution < -0.4 is 10.3 Å². The van der Waals surface area contributed by atoms with Crippen LogP contribution in [0.3, 0.4) is 0 Å². The van der Waals surface area contributed by atoms with Crippen LogP contribution in [0.4, 0.5) is 0 Å².